The lowest BCUT2D eigenvalue weighted by molar-refractivity contribution is -0.149. The quantitative estimate of drug-likeness (QED) is 0.0682. The van der Waals surface area contributed by atoms with E-state index in [1.165, 1.54) is 22.1 Å². The second kappa shape index (κ2) is 22.0. The van der Waals surface area contributed by atoms with Crippen LogP contribution in [0.3, 0.4) is 0 Å². The second-order valence-electron chi connectivity index (χ2n) is 21.4. The standard InChI is InChI=1S/C61H71N2O8S2/c1-4-39-16-17-40-11-10-12-42-35-72-73-36-44-28-54(67)61(46-29-45(30-47(64)31-46)60(62-2)22-8-9-23-60,33-37-15-19-51(65)53(26-37)71-48-13-6-5-7-14-48)59(69)56(44)57(68)43(25-38-21-24-63-34-38)27-41-18-20-52(66)58(70-3)50(41)32-49(39)55(40)42/h10-12,15-21,24,26,29-31,34,43-44,48,54,56-57,62,64-68H,4-9,13-14,22-23,25,27-28,32-33,35-36H2,1-3H3/q-1. The van der Waals surface area contributed by atoms with Crippen molar-refractivity contribution >= 4 is 38.1 Å². The molecule has 4 aliphatic rings. The highest BCUT2D eigenvalue weighted by Crippen LogP contribution is 2.52. The van der Waals surface area contributed by atoms with Gasteiger partial charge in [0.25, 0.3) is 0 Å². The highest BCUT2D eigenvalue weighted by Gasteiger charge is 2.58. The normalized spacial score (nSPS) is 24.8. The summed E-state index contributed by atoms with van der Waals surface area (Å²) in [6, 6.07) is 27.1. The van der Waals surface area contributed by atoms with Crippen molar-refractivity contribution in [2.75, 3.05) is 19.9 Å². The minimum Gasteiger partial charge on any atom is -0.670 e. The number of aromatic nitrogens is 1. The third-order valence-corrected chi connectivity index (χ3v) is 19.7. The van der Waals surface area contributed by atoms with Gasteiger partial charge in [-0.2, -0.15) is 12.4 Å². The van der Waals surface area contributed by atoms with Crippen molar-refractivity contribution in [3.8, 4) is 28.7 Å². The number of benzene rings is 5. The van der Waals surface area contributed by atoms with Crippen molar-refractivity contribution in [1.82, 2.24) is 10.3 Å². The SMILES string of the molecule is CCc1ccc2cccc3c2c1Cc1c(ccc(O)c1OC)CC(Cc1cc[n-]c1)C(O)C1C(=O)C(Cc2ccc(O)c(OC4CCCCC4)c2)(c2cc(O)cc(C4(NC)CCCC4)c2)C(O)CC1CSSC3. The molecule has 1 aromatic heterocycles. The molecule has 10 nitrogen and oxygen atoms in total. The van der Waals surface area contributed by atoms with Crippen molar-refractivity contribution in [2.24, 2.45) is 17.8 Å². The first kappa shape index (κ1) is 51.4. The number of Topliss-reactive ketones (excluding diaryl/α,β-unsaturated/α-hetero) is 1. The van der Waals surface area contributed by atoms with Gasteiger partial charge in [0, 0.05) is 34.9 Å². The Labute approximate surface area is 438 Å². The van der Waals surface area contributed by atoms with Crippen LogP contribution < -0.4 is 19.8 Å². The molecule has 3 fully saturated rings. The van der Waals surface area contributed by atoms with Gasteiger partial charge in [0.1, 0.15) is 5.75 Å². The summed E-state index contributed by atoms with van der Waals surface area (Å²) in [5.41, 5.74) is 6.26. The Kier molecular flexibility index (Phi) is 15.5. The number of phenols is 3. The fourth-order valence-corrected chi connectivity index (χ4v) is 15.9. The van der Waals surface area contributed by atoms with Gasteiger partial charge < -0.3 is 45.3 Å². The van der Waals surface area contributed by atoms with Crippen LogP contribution in [0.25, 0.3) is 10.8 Å². The zero-order valence-electron chi connectivity index (χ0n) is 42.4. The van der Waals surface area contributed by atoms with Gasteiger partial charge in [-0.25, -0.2) is 0 Å². The van der Waals surface area contributed by atoms with Gasteiger partial charge >= 0.3 is 0 Å². The fourth-order valence-electron chi connectivity index (χ4n) is 13.4. The number of aliphatic hydroxyl groups excluding tert-OH is 2. The summed E-state index contributed by atoms with van der Waals surface area (Å²) in [5.74, 6) is -0.194. The van der Waals surface area contributed by atoms with Gasteiger partial charge in [0.2, 0.25) is 0 Å². The number of aliphatic hydroxyl groups is 2. The highest BCUT2D eigenvalue weighted by atomic mass is 33.1. The molecule has 386 valence electrons. The van der Waals surface area contributed by atoms with E-state index in [0.29, 0.717) is 53.4 Å². The maximum absolute atomic E-state index is 16.8. The molecule has 6 aromatic rings. The Bertz CT molecular complexity index is 2910. The van der Waals surface area contributed by atoms with Crippen LogP contribution in [0.15, 0.2) is 97.3 Å². The molecule has 0 saturated heterocycles. The lowest BCUT2D eigenvalue weighted by atomic mass is 9.55. The third kappa shape index (κ3) is 10.1. The van der Waals surface area contributed by atoms with Crippen molar-refractivity contribution in [3.63, 3.8) is 0 Å². The molecule has 0 spiro atoms. The van der Waals surface area contributed by atoms with Crippen LogP contribution in [0.2, 0.25) is 0 Å². The topological polar surface area (TPSA) is 163 Å². The molecule has 3 saturated carbocycles. The van der Waals surface area contributed by atoms with Crippen LogP contribution in [0.5, 0.6) is 28.7 Å². The first-order valence-corrected chi connectivity index (χ1v) is 29.1. The van der Waals surface area contributed by atoms with E-state index >= 15 is 4.79 Å². The molecule has 12 heteroatoms. The smallest absolute Gasteiger partial charge is 0.164 e. The first-order valence-electron chi connectivity index (χ1n) is 26.6. The number of ketones is 1. The van der Waals surface area contributed by atoms with Crippen LogP contribution in [-0.2, 0) is 53.6 Å². The molecular weight excluding hydrogens is 953 g/mol. The van der Waals surface area contributed by atoms with Crippen LogP contribution >= 0.6 is 21.6 Å². The minimum atomic E-state index is -1.63. The largest absolute Gasteiger partial charge is 0.670 e. The Hall–Kier alpha value is -5.11. The van der Waals surface area contributed by atoms with Crippen molar-refractivity contribution in [2.45, 2.75) is 138 Å². The Morgan fingerprint density at radius 2 is 1.62 bits per heavy atom. The Balaban J connectivity index is 1.14. The number of methoxy groups -OCH3 is 1. The van der Waals surface area contributed by atoms with Gasteiger partial charge in [-0.3, -0.25) is 4.79 Å². The average Bonchev–Trinajstić information content (AvgIpc) is 4.12. The van der Waals surface area contributed by atoms with Crippen LogP contribution in [0.4, 0.5) is 0 Å². The number of nitrogens with zero attached hydrogens (tertiary/aromatic N) is 1. The van der Waals surface area contributed by atoms with Crippen LogP contribution in [0.1, 0.15) is 121 Å². The van der Waals surface area contributed by atoms with E-state index in [1.807, 2.05) is 37.5 Å². The molecule has 3 aliphatic carbocycles. The number of carbonyl (C=O) groups excluding carboxylic acids is 1. The van der Waals surface area contributed by atoms with E-state index in [-0.39, 0.29) is 42.0 Å². The summed E-state index contributed by atoms with van der Waals surface area (Å²) in [6.07, 6.45) is 12.2. The molecule has 0 radical (unpaired) electrons. The summed E-state index contributed by atoms with van der Waals surface area (Å²) in [7, 11) is 6.93. The zero-order valence-corrected chi connectivity index (χ0v) is 44.1. The summed E-state index contributed by atoms with van der Waals surface area (Å²) in [4.78, 5) is 21.2. The lowest BCUT2D eigenvalue weighted by Crippen LogP contribution is -2.61. The van der Waals surface area contributed by atoms with E-state index in [1.54, 1.807) is 65.2 Å². The third-order valence-electron chi connectivity index (χ3n) is 17.3. The second-order valence-corrected chi connectivity index (χ2v) is 23.9. The first-order chi connectivity index (χ1) is 35.4. The lowest BCUT2D eigenvalue weighted by Gasteiger charge is -2.49. The summed E-state index contributed by atoms with van der Waals surface area (Å²) >= 11 is 0. The molecule has 2 heterocycles. The molecule has 0 amide bonds. The molecule has 10 rings (SSSR count). The number of aromatic hydroxyl groups is 3. The van der Waals surface area contributed by atoms with E-state index < -0.39 is 40.9 Å². The number of aryl methyl sites for hydroxylation is 1. The Morgan fingerprint density at radius 1 is 0.822 bits per heavy atom. The van der Waals surface area contributed by atoms with Crippen molar-refractivity contribution in [3.05, 3.63) is 147 Å². The zero-order chi connectivity index (χ0) is 50.9. The molecular formula is C61H71N2O8S2-. The number of fused-ring (bicyclic) bond motifs is 2. The number of hydrogen-bond donors (Lipinski definition) is 6. The van der Waals surface area contributed by atoms with Crippen molar-refractivity contribution in [1.29, 1.82) is 0 Å². The monoisotopic (exact) mass is 1020 g/mol. The van der Waals surface area contributed by atoms with E-state index in [9.17, 15) is 25.5 Å². The number of rotatable bonds is 11. The molecule has 73 heavy (non-hydrogen) atoms. The van der Waals surface area contributed by atoms with E-state index in [0.717, 1.165) is 91.8 Å². The molecule has 6 N–H and O–H groups in total. The molecule has 6 unspecified atom stereocenters. The van der Waals surface area contributed by atoms with Gasteiger partial charge in [-0.05, 0) is 170 Å². The van der Waals surface area contributed by atoms with Gasteiger partial charge in [0.15, 0.2) is 28.8 Å². The summed E-state index contributed by atoms with van der Waals surface area (Å²) < 4.78 is 12.6. The number of nitrogens with one attached hydrogen (secondary N) is 1. The summed E-state index contributed by atoms with van der Waals surface area (Å²) in [6.45, 7) is 2.17. The maximum atomic E-state index is 16.8. The Morgan fingerprint density at radius 3 is 2.37 bits per heavy atom. The van der Waals surface area contributed by atoms with Gasteiger partial charge in [-0.15, -0.1) is 0 Å². The van der Waals surface area contributed by atoms with Gasteiger partial charge in [0.05, 0.1) is 30.8 Å². The average molecular weight is 1020 g/mol. The number of phenolic OH excluding ortho intramolecular Hbond substituents is 3. The maximum Gasteiger partial charge on any atom is 0.164 e. The number of carbonyl (C=O) groups is 1. The highest BCUT2D eigenvalue weighted by molar-refractivity contribution is 8.76. The molecule has 1 aliphatic heterocycles. The molecule has 5 aromatic carbocycles. The predicted octanol–water partition coefficient (Wildman–Crippen LogP) is 11.2. The predicted molar refractivity (Wildman–Crippen MR) is 292 cm³/mol. The number of hydrogen-bond acceptors (Lipinski definition) is 11. The van der Waals surface area contributed by atoms with E-state index in [2.05, 4.69) is 47.6 Å². The number of ether oxygens (including phenoxy) is 2. The molecule has 0 bridgehead atoms. The van der Waals surface area contributed by atoms with E-state index in [4.69, 9.17) is 9.47 Å². The minimum absolute atomic E-state index is 0.00904. The van der Waals surface area contributed by atoms with Crippen LogP contribution in [0, 0.1) is 17.8 Å². The van der Waals surface area contributed by atoms with Crippen molar-refractivity contribution < 1.29 is 39.8 Å². The summed E-state index contributed by atoms with van der Waals surface area (Å²) in [5, 5.41) is 67.2. The fraction of sp³-hybridized carbons (Fsp3) is 0.459. The van der Waals surface area contributed by atoms with Gasteiger partial charge in [-0.1, -0.05) is 108 Å². The molecule has 6 atom stereocenters. The van der Waals surface area contributed by atoms with Crippen LogP contribution in [-0.4, -0.2) is 69.5 Å².